The van der Waals surface area contributed by atoms with E-state index in [1.807, 2.05) is 4.90 Å². The molecule has 0 spiro atoms. The Kier molecular flexibility index (Phi) is 4.61. The van der Waals surface area contributed by atoms with Crippen LogP contribution in [0.2, 0.25) is 0 Å². The fraction of sp³-hybridized carbons (Fsp3) is 0.562. The van der Waals surface area contributed by atoms with Gasteiger partial charge in [-0.05, 0) is 17.7 Å². The van der Waals surface area contributed by atoms with Crippen molar-refractivity contribution >= 4 is 15.7 Å². The number of sulfone groups is 1. The number of carbonyl (C=O) groups excluding carboxylic acids is 1. The summed E-state index contributed by atoms with van der Waals surface area (Å²) in [5, 5.41) is 0. The van der Waals surface area contributed by atoms with Crippen molar-refractivity contribution in [1.29, 1.82) is 0 Å². The Morgan fingerprint density at radius 3 is 2.54 bits per heavy atom. The predicted molar refractivity (Wildman–Crippen MR) is 85.0 cm³/mol. The molecule has 24 heavy (non-hydrogen) atoms. The van der Waals surface area contributed by atoms with E-state index < -0.39 is 21.5 Å². The lowest BCUT2D eigenvalue weighted by atomic mass is 10.0. The summed E-state index contributed by atoms with van der Waals surface area (Å²) < 4.78 is 50.6. The van der Waals surface area contributed by atoms with E-state index in [1.165, 1.54) is 6.07 Å². The summed E-state index contributed by atoms with van der Waals surface area (Å²) in [5.74, 6) is -1.90. The first-order valence-corrected chi connectivity index (χ1v) is 9.80. The molecule has 0 aromatic heterocycles. The molecule has 0 unspecified atom stereocenters. The first-order valence-electron chi connectivity index (χ1n) is 7.98. The molecule has 1 amide bonds. The quantitative estimate of drug-likeness (QED) is 0.814. The summed E-state index contributed by atoms with van der Waals surface area (Å²) >= 11 is 0. The first kappa shape index (κ1) is 17.3. The molecule has 1 aromatic rings. The summed E-state index contributed by atoms with van der Waals surface area (Å²) in [4.78, 5) is 15.7. The number of piperazine rings is 1. The van der Waals surface area contributed by atoms with Crippen molar-refractivity contribution in [3.8, 4) is 0 Å². The molecule has 2 fully saturated rings. The molecule has 0 saturated carbocycles. The molecule has 2 saturated heterocycles. The summed E-state index contributed by atoms with van der Waals surface area (Å²) in [5.41, 5.74) is 0.590. The highest BCUT2D eigenvalue weighted by Gasteiger charge is 2.47. The zero-order chi connectivity index (χ0) is 17.5. The number of carbonyl (C=O) groups is 1. The molecule has 5 nitrogen and oxygen atoms in total. The van der Waals surface area contributed by atoms with E-state index in [9.17, 15) is 22.0 Å². The van der Waals surface area contributed by atoms with Crippen molar-refractivity contribution in [3.05, 3.63) is 35.4 Å². The third-order valence-electron chi connectivity index (χ3n) is 4.78. The second-order valence-electron chi connectivity index (χ2n) is 6.37. The van der Waals surface area contributed by atoms with Gasteiger partial charge in [0.2, 0.25) is 5.91 Å². The average Bonchev–Trinajstić information content (AvgIpc) is 2.86. The van der Waals surface area contributed by atoms with Crippen LogP contribution in [0.25, 0.3) is 0 Å². The summed E-state index contributed by atoms with van der Waals surface area (Å²) in [6.45, 7) is 3.06. The summed E-state index contributed by atoms with van der Waals surface area (Å²) in [6.07, 6.45) is 0.340. The largest absolute Gasteiger partial charge is 0.336 e. The molecular formula is C16H20F2N2O3S. The van der Waals surface area contributed by atoms with Crippen LogP contribution in [0, 0.1) is 11.6 Å². The number of nitrogens with zero attached hydrogens (tertiary/aromatic N) is 2. The van der Waals surface area contributed by atoms with Gasteiger partial charge in [-0.15, -0.1) is 0 Å². The fourth-order valence-corrected chi connectivity index (χ4v) is 5.62. The Bertz CT molecular complexity index is 754. The molecule has 8 heteroatoms. The van der Waals surface area contributed by atoms with Gasteiger partial charge >= 0.3 is 0 Å². The highest BCUT2D eigenvalue weighted by molar-refractivity contribution is 7.91. The molecule has 2 atom stereocenters. The van der Waals surface area contributed by atoms with Crippen molar-refractivity contribution in [3.63, 3.8) is 0 Å². The normalized spacial score (nSPS) is 26.4. The second kappa shape index (κ2) is 6.40. The van der Waals surface area contributed by atoms with Crippen molar-refractivity contribution in [1.82, 2.24) is 9.80 Å². The van der Waals surface area contributed by atoms with E-state index in [0.717, 1.165) is 12.1 Å². The second-order valence-corrected chi connectivity index (χ2v) is 8.53. The van der Waals surface area contributed by atoms with Crippen molar-refractivity contribution < 1.29 is 22.0 Å². The molecule has 3 rings (SSSR count). The van der Waals surface area contributed by atoms with E-state index in [-0.39, 0.29) is 29.5 Å². The molecule has 2 aliphatic rings. The van der Waals surface area contributed by atoms with E-state index >= 15 is 0 Å². The van der Waals surface area contributed by atoms with E-state index in [2.05, 4.69) is 0 Å². The SMILES string of the molecule is CCC(=O)N1CCN(Cc2ccc(F)c(F)c2)[C@H]2CS(=O)(=O)C[C@H]21. The van der Waals surface area contributed by atoms with Crippen LogP contribution >= 0.6 is 0 Å². The van der Waals surface area contributed by atoms with Crippen molar-refractivity contribution in [2.75, 3.05) is 24.6 Å². The first-order chi connectivity index (χ1) is 11.3. The van der Waals surface area contributed by atoms with Crippen LogP contribution in [-0.4, -0.2) is 60.8 Å². The number of amides is 1. The minimum absolute atomic E-state index is 0.00512. The molecule has 132 valence electrons. The van der Waals surface area contributed by atoms with Gasteiger partial charge in [0.1, 0.15) is 0 Å². The third-order valence-corrected chi connectivity index (χ3v) is 6.48. The van der Waals surface area contributed by atoms with E-state index in [0.29, 0.717) is 31.6 Å². The Balaban J connectivity index is 1.82. The van der Waals surface area contributed by atoms with Crippen LogP contribution in [0.3, 0.4) is 0 Å². The lowest BCUT2D eigenvalue weighted by Crippen LogP contribution is -2.60. The third kappa shape index (κ3) is 3.30. The molecular weight excluding hydrogens is 338 g/mol. The number of hydrogen-bond donors (Lipinski definition) is 0. The molecule has 0 radical (unpaired) electrons. The lowest BCUT2D eigenvalue weighted by molar-refractivity contribution is -0.136. The number of fused-ring (bicyclic) bond motifs is 1. The highest BCUT2D eigenvalue weighted by Crippen LogP contribution is 2.28. The van der Waals surface area contributed by atoms with E-state index in [4.69, 9.17) is 0 Å². The number of halogens is 2. The van der Waals surface area contributed by atoms with Gasteiger partial charge in [-0.2, -0.15) is 0 Å². The summed E-state index contributed by atoms with van der Waals surface area (Å²) in [6, 6.07) is 3.05. The minimum atomic E-state index is -3.21. The van der Waals surface area contributed by atoms with Crippen LogP contribution in [0.1, 0.15) is 18.9 Å². The van der Waals surface area contributed by atoms with Crippen LogP contribution in [-0.2, 0) is 21.2 Å². The standard InChI is InChI=1S/C16H20F2N2O3S/c1-2-16(21)20-6-5-19(14-9-24(22,23)10-15(14)20)8-11-3-4-12(17)13(18)7-11/h3-4,7,14-15H,2,5-6,8-10H2,1H3/t14-,15+/m0/s1. The number of rotatable bonds is 3. The lowest BCUT2D eigenvalue weighted by Gasteiger charge is -2.44. The Morgan fingerprint density at radius 1 is 1.17 bits per heavy atom. The maximum Gasteiger partial charge on any atom is 0.222 e. The smallest absolute Gasteiger partial charge is 0.222 e. The molecule has 0 bridgehead atoms. The molecule has 0 N–H and O–H groups in total. The Morgan fingerprint density at radius 2 is 1.88 bits per heavy atom. The maximum atomic E-state index is 13.4. The van der Waals surface area contributed by atoms with Gasteiger partial charge < -0.3 is 4.90 Å². The number of hydrogen-bond acceptors (Lipinski definition) is 4. The predicted octanol–water partition coefficient (Wildman–Crippen LogP) is 1.18. The van der Waals surface area contributed by atoms with Gasteiger partial charge in [0.15, 0.2) is 21.5 Å². The van der Waals surface area contributed by atoms with Crippen molar-refractivity contribution in [2.24, 2.45) is 0 Å². The van der Waals surface area contributed by atoms with Crippen molar-refractivity contribution in [2.45, 2.75) is 32.0 Å². The van der Waals surface area contributed by atoms with Gasteiger partial charge in [-0.1, -0.05) is 13.0 Å². The van der Waals surface area contributed by atoms with Gasteiger partial charge in [0, 0.05) is 32.1 Å². The fourth-order valence-electron chi connectivity index (χ4n) is 3.61. The zero-order valence-corrected chi connectivity index (χ0v) is 14.2. The minimum Gasteiger partial charge on any atom is -0.336 e. The van der Waals surface area contributed by atoms with Crippen LogP contribution in [0.15, 0.2) is 18.2 Å². The van der Waals surface area contributed by atoms with Gasteiger partial charge in [0.25, 0.3) is 0 Å². The Hall–Kier alpha value is -1.54. The average molecular weight is 358 g/mol. The topological polar surface area (TPSA) is 57.7 Å². The van der Waals surface area contributed by atoms with Crippen LogP contribution in [0.5, 0.6) is 0 Å². The van der Waals surface area contributed by atoms with Gasteiger partial charge in [-0.3, -0.25) is 9.69 Å². The van der Waals surface area contributed by atoms with Crippen LogP contribution in [0.4, 0.5) is 8.78 Å². The number of benzene rings is 1. The zero-order valence-electron chi connectivity index (χ0n) is 13.4. The maximum absolute atomic E-state index is 13.4. The molecule has 0 aliphatic carbocycles. The molecule has 2 heterocycles. The Labute approximate surface area is 140 Å². The highest BCUT2D eigenvalue weighted by atomic mass is 32.2. The monoisotopic (exact) mass is 358 g/mol. The van der Waals surface area contributed by atoms with Crippen LogP contribution < -0.4 is 0 Å². The van der Waals surface area contributed by atoms with Gasteiger partial charge in [0.05, 0.1) is 17.5 Å². The van der Waals surface area contributed by atoms with E-state index in [1.54, 1.807) is 11.8 Å². The van der Waals surface area contributed by atoms with Gasteiger partial charge in [-0.25, -0.2) is 17.2 Å². The summed E-state index contributed by atoms with van der Waals surface area (Å²) in [7, 11) is -3.21. The molecule has 2 aliphatic heterocycles. The molecule has 1 aromatic carbocycles.